The van der Waals surface area contributed by atoms with E-state index in [1.54, 1.807) is 25.6 Å². The number of carbonyl (C=O) groups is 1. The van der Waals surface area contributed by atoms with Crippen molar-refractivity contribution in [1.29, 1.82) is 0 Å². The minimum absolute atomic E-state index is 0.0400. The van der Waals surface area contributed by atoms with E-state index in [4.69, 9.17) is 0 Å². The second-order valence-corrected chi connectivity index (χ2v) is 8.82. The molecule has 0 spiro atoms. The van der Waals surface area contributed by atoms with Gasteiger partial charge in [-0.15, -0.1) is 0 Å². The maximum Gasteiger partial charge on any atom is 0.335 e. The number of carboxylic acid groups (broad SMARTS) is 1. The number of sulfonamides is 1. The molecule has 0 amide bonds. The fourth-order valence-electron chi connectivity index (χ4n) is 2.68. The molecule has 10 heteroatoms. The number of benzene rings is 1. The molecule has 1 saturated heterocycles. The van der Waals surface area contributed by atoms with E-state index in [1.807, 2.05) is 0 Å². The molecule has 2 aromatic rings. The van der Waals surface area contributed by atoms with E-state index in [9.17, 15) is 18.3 Å². The Kier molecular flexibility index (Phi) is 4.85. The van der Waals surface area contributed by atoms with Crippen molar-refractivity contribution in [3.05, 3.63) is 35.4 Å². The van der Waals surface area contributed by atoms with Gasteiger partial charge in [0.2, 0.25) is 10.0 Å². The van der Waals surface area contributed by atoms with Crippen LogP contribution in [0, 0.1) is 13.8 Å². The van der Waals surface area contributed by atoms with Crippen LogP contribution in [-0.2, 0) is 10.0 Å². The van der Waals surface area contributed by atoms with Crippen molar-refractivity contribution in [2.45, 2.75) is 18.7 Å². The van der Waals surface area contributed by atoms with Gasteiger partial charge in [-0.25, -0.2) is 22.9 Å². The third-order valence-corrected chi connectivity index (χ3v) is 6.68. The SMILES string of the molecule is Cc1nc(C)n(-c2cc(C(=O)O)cc(S(=O)(=O)N3CCSCC3)c2)n1. The second-order valence-electron chi connectivity index (χ2n) is 5.66. The average Bonchev–Trinajstić information content (AvgIpc) is 2.93. The lowest BCUT2D eigenvalue weighted by Gasteiger charge is -2.26. The highest BCUT2D eigenvalue weighted by Gasteiger charge is 2.28. The predicted octanol–water partition coefficient (Wildman–Crippen LogP) is 1.32. The summed E-state index contributed by atoms with van der Waals surface area (Å²) >= 11 is 1.70. The molecule has 1 aliphatic rings. The molecular weight excluding hydrogens is 364 g/mol. The van der Waals surface area contributed by atoms with Gasteiger partial charge in [-0.2, -0.15) is 21.2 Å². The van der Waals surface area contributed by atoms with Crippen LogP contribution >= 0.6 is 11.8 Å². The summed E-state index contributed by atoms with van der Waals surface area (Å²) in [5.74, 6) is 1.34. The summed E-state index contributed by atoms with van der Waals surface area (Å²) in [6, 6.07) is 4.04. The summed E-state index contributed by atoms with van der Waals surface area (Å²) in [6.45, 7) is 4.28. The Balaban J connectivity index is 2.13. The summed E-state index contributed by atoms with van der Waals surface area (Å²) in [7, 11) is -3.76. The van der Waals surface area contributed by atoms with Crippen LogP contribution in [0.3, 0.4) is 0 Å². The Hall–Kier alpha value is -1.91. The molecule has 1 aliphatic heterocycles. The van der Waals surface area contributed by atoms with Crippen molar-refractivity contribution in [2.75, 3.05) is 24.6 Å². The first-order chi connectivity index (χ1) is 11.8. The van der Waals surface area contributed by atoms with E-state index < -0.39 is 16.0 Å². The summed E-state index contributed by atoms with van der Waals surface area (Å²) in [5, 5.41) is 13.6. The largest absolute Gasteiger partial charge is 0.478 e. The summed E-state index contributed by atoms with van der Waals surface area (Å²) in [4.78, 5) is 15.6. The van der Waals surface area contributed by atoms with Crippen molar-refractivity contribution < 1.29 is 18.3 Å². The van der Waals surface area contributed by atoms with Gasteiger partial charge in [0.25, 0.3) is 0 Å². The van der Waals surface area contributed by atoms with Gasteiger partial charge in [-0.05, 0) is 32.0 Å². The molecule has 0 saturated carbocycles. The van der Waals surface area contributed by atoms with E-state index in [0.29, 0.717) is 30.4 Å². The van der Waals surface area contributed by atoms with E-state index in [1.165, 1.54) is 27.2 Å². The van der Waals surface area contributed by atoms with Crippen LogP contribution in [0.4, 0.5) is 0 Å². The highest BCUT2D eigenvalue weighted by atomic mass is 32.2. The molecule has 0 atom stereocenters. The first kappa shape index (κ1) is 17.9. The average molecular weight is 382 g/mol. The maximum atomic E-state index is 12.9. The van der Waals surface area contributed by atoms with Gasteiger partial charge in [0.05, 0.1) is 16.1 Å². The monoisotopic (exact) mass is 382 g/mol. The number of carboxylic acids is 1. The van der Waals surface area contributed by atoms with Crippen LogP contribution in [0.15, 0.2) is 23.1 Å². The fourth-order valence-corrected chi connectivity index (χ4v) is 5.32. The van der Waals surface area contributed by atoms with Gasteiger partial charge in [0.1, 0.15) is 11.6 Å². The van der Waals surface area contributed by atoms with Crippen molar-refractivity contribution in [1.82, 2.24) is 19.1 Å². The lowest BCUT2D eigenvalue weighted by atomic mass is 10.2. The molecule has 3 rings (SSSR count). The summed E-state index contributed by atoms with van der Waals surface area (Å²) in [6.07, 6.45) is 0. The van der Waals surface area contributed by atoms with E-state index in [0.717, 1.165) is 11.5 Å². The van der Waals surface area contributed by atoms with Gasteiger partial charge in [-0.3, -0.25) is 0 Å². The molecular formula is C15H18N4O4S2. The molecule has 0 aliphatic carbocycles. The number of hydrogen-bond acceptors (Lipinski definition) is 6. The van der Waals surface area contributed by atoms with Crippen molar-refractivity contribution in [2.24, 2.45) is 0 Å². The molecule has 134 valence electrons. The third-order valence-electron chi connectivity index (χ3n) is 3.87. The van der Waals surface area contributed by atoms with Crippen molar-refractivity contribution >= 4 is 27.8 Å². The Bertz CT molecular complexity index is 918. The van der Waals surface area contributed by atoms with Crippen LogP contribution in [0.25, 0.3) is 5.69 Å². The van der Waals surface area contributed by atoms with Gasteiger partial charge in [-0.1, -0.05) is 0 Å². The Labute approximate surface area is 149 Å². The molecule has 0 bridgehead atoms. The number of hydrogen-bond donors (Lipinski definition) is 1. The molecule has 25 heavy (non-hydrogen) atoms. The van der Waals surface area contributed by atoms with E-state index in [-0.39, 0.29) is 10.5 Å². The zero-order valence-corrected chi connectivity index (χ0v) is 15.5. The van der Waals surface area contributed by atoms with Gasteiger partial charge < -0.3 is 5.11 Å². The van der Waals surface area contributed by atoms with Crippen LogP contribution in [0.5, 0.6) is 0 Å². The lowest BCUT2D eigenvalue weighted by molar-refractivity contribution is 0.0696. The topological polar surface area (TPSA) is 105 Å². The Morgan fingerprint density at radius 1 is 1.20 bits per heavy atom. The molecule has 2 heterocycles. The number of aryl methyl sites for hydroxylation is 2. The molecule has 0 radical (unpaired) electrons. The predicted molar refractivity (Wildman–Crippen MR) is 93.9 cm³/mol. The van der Waals surface area contributed by atoms with Gasteiger partial charge in [0.15, 0.2) is 0 Å². The summed E-state index contributed by atoms with van der Waals surface area (Å²) < 4.78 is 28.7. The second kappa shape index (κ2) is 6.77. The van der Waals surface area contributed by atoms with Crippen LogP contribution < -0.4 is 0 Å². The number of rotatable bonds is 4. The number of thioether (sulfide) groups is 1. The van der Waals surface area contributed by atoms with Crippen molar-refractivity contribution in [3.63, 3.8) is 0 Å². The van der Waals surface area contributed by atoms with Crippen LogP contribution in [-0.4, -0.2) is 63.2 Å². The minimum Gasteiger partial charge on any atom is -0.478 e. The first-order valence-corrected chi connectivity index (χ1v) is 10.3. The van der Waals surface area contributed by atoms with Crippen molar-refractivity contribution in [3.8, 4) is 5.69 Å². The standard InChI is InChI=1S/C15H18N4O4S2/c1-10-16-11(2)19(17-10)13-7-12(15(20)21)8-14(9-13)25(22,23)18-3-5-24-6-4-18/h7-9H,3-6H2,1-2H3,(H,20,21). The highest BCUT2D eigenvalue weighted by Crippen LogP contribution is 2.24. The van der Waals surface area contributed by atoms with E-state index >= 15 is 0 Å². The number of aromatic carboxylic acids is 1. The normalized spacial score (nSPS) is 16.1. The smallest absolute Gasteiger partial charge is 0.335 e. The Morgan fingerprint density at radius 2 is 1.88 bits per heavy atom. The molecule has 8 nitrogen and oxygen atoms in total. The highest BCUT2D eigenvalue weighted by molar-refractivity contribution is 7.99. The minimum atomic E-state index is -3.76. The number of aromatic nitrogens is 3. The Morgan fingerprint density at radius 3 is 2.44 bits per heavy atom. The molecule has 0 unspecified atom stereocenters. The van der Waals surface area contributed by atoms with Gasteiger partial charge in [0, 0.05) is 24.6 Å². The van der Waals surface area contributed by atoms with Gasteiger partial charge >= 0.3 is 5.97 Å². The zero-order chi connectivity index (χ0) is 18.2. The van der Waals surface area contributed by atoms with E-state index in [2.05, 4.69) is 10.1 Å². The molecule has 1 fully saturated rings. The molecule has 1 N–H and O–H groups in total. The maximum absolute atomic E-state index is 12.9. The fraction of sp³-hybridized carbons (Fsp3) is 0.400. The zero-order valence-electron chi connectivity index (χ0n) is 13.8. The molecule has 1 aromatic carbocycles. The molecule has 1 aromatic heterocycles. The number of nitrogens with zero attached hydrogens (tertiary/aromatic N) is 4. The summed E-state index contributed by atoms with van der Waals surface area (Å²) in [5.41, 5.74) is 0.262. The third kappa shape index (κ3) is 3.55. The lowest BCUT2D eigenvalue weighted by Crippen LogP contribution is -2.38. The first-order valence-electron chi connectivity index (χ1n) is 7.66. The van der Waals surface area contributed by atoms with Crippen LogP contribution in [0.2, 0.25) is 0 Å². The quantitative estimate of drug-likeness (QED) is 0.850. The van der Waals surface area contributed by atoms with Crippen LogP contribution in [0.1, 0.15) is 22.0 Å².